The molecule has 2 aromatic carbocycles. The van der Waals surface area contributed by atoms with Gasteiger partial charge in [-0.3, -0.25) is 4.79 Å². The van der Waals surface area contributed by atoms with Crippen molar-refractivity contribution in [2.45, 2.75) is 61.8 Å². The lowest BCUT2D eigenvalue weighted by atomic mass is 9.50. The van der Waals surface area contributed by atoms with Gasteiger partial charge in [0.2, 0.25) is 0 Å². The van der Waals surface area contributed by atoms with E-state index < -0.39 is 35.0 Å². The minimum absolute atomic E-state index is 0.00163. The quantitative estimate of drug-likeness (QED) is 0.425. The van der Waals surface area contributed by atoms with Crippen LogP contribution in [0.2, 0.25) is 0 Å². The molecular weight excluding hydrogens is 488 g/mol. The molecule has 1 aliphatic heterocycles. The van der Waals surface area contributed by atoms with Gasteiger partial charge >= 0.3 is 5.97 Å². The highest BCUT2D eigenvalue weighted by molar-refractivity contribution is 5.87. The summed E-state index contributed by atoms with van der Waals surface area (Å²) in [7, 11) is 3.50. The summed E-state index contributed by atoms with van der Waals surface area (Å²) in [6.07, 6.45) is 2.01. The number of allylic oxidation sites excluding steroid dienone is 1. The van der Waals surface area contributed by atoms with E-state index in [4.69, 9.17) is 9.47 Å². The minimum Gasteiger partial charge on any atom is -0.504 e. The Balaban J connectivity index is 1.39. The summed E-state index contributed by atoms with van der Waals surface area (Å²) >= 11 is 0. The van der Waals surface area contributed by atoms with Gasteiger partial charge in [-0.05, 0) is 56.6 Å². The molecule has 5 rings (SSSR count). The number of carbonyl (C=O) groups excluding carboxylic acids is 2. The number of methoxy groups -OCH3 is 1. The lowest BCUT2D eigenvalue weighted by Crippen LogP contribution is -2.71. The van der Waals surface area contributed by atoms with E-state index in [-0.39, 0.29) is 24.6 Å². The average Bonchev–Trinajstić information content (AvgIpc) is 2.91. The molecule has 4 N–H and O–H groups in total. The molecule has 2 bridgehead atoms. The number of rotatable bonds is 6. The molecule has 0 saturated carbocycles. The van der Waals surface area contributed by atoms with Gasteiger partial charge in [0.05, 0.1) is 12.7 Å². The molecule has 1 saturated heterocycles. The Morgan fingerprint density at radius 2 is 1.92 bits per heavy atom. The number of likely N-dealkylation sites (N-methyl/N-ethyl adjacent to an activating group) is 1. The zero-order valence-electron chi connectivity index (χ0n) is 21.8. The Morgan fingerprint density at radius 1 is 1.18 bits per heavy atom. The predicted octanol–water partition coefficient (Wildman–Crippen LogP) is 2.09. The third kappa shape index (κ3) is 4.05. The number of hydrogen-bond acceptors (Lipinski definition) is 8. The van der Waals surface area contributed by atoms with Crippen molar-refractivity contribution in [1.82, 2.24) is 10.2 Å². The van der Waals surface area contributed by atoms with Crippen molar-refractivity contribution in [3.05, 3.63) is 71.0 Å². The maximum atomic E-state index is 13.0. The van der Waals surface area contributed by atoms with Crippen molar-refractivity contribution in [2.75, 3.05) is 20.7 Å². The van der Waals surface area contributed by atoms with Crippen LogP contribution in [0.5, 0.6) is 11.5 Å². The van der Waals surface area contributed by atoms with Crippen molar-refractivity contribution in [3.63, 3.8) is 0 Å². The van der Waals surface area contributed by atoms with Crippen LogP contribution in [0.1, 0.15) is 49.0 Å². The van der Waals surface area contributed by atoms with Gasteiger partial charge in [0.25, 0.3) is 5.91 Å². The summed E-state index contributed by atoms with van der Waals surface area (Å²) in [5.41, 5.74) is 0.194. The molecule has 38 heavy (non-hydrogen) atoms. The fraction of sp³-hybridized carbons (Fsp3) is 0.448. The molecule has 1 fully saturated rings. The number of esters is 1. The molecule has 0 aromatic heterocycles. The standard InChI is InChI=1S/C29H34N2O7/c1-17(30-26(34)24(33)18-7-5-4-6-8-18)27(35)38-20-11-12-29(36)22-15-19-9-10-21(32)25(37-3)23(19)28(29,16-20)13-14-31(22)2/h4-11,17,22,24,32-33,36H,12-16H2,1-3H3,(H,30,34)/t17-,22+,24-,28+,29+/m0/s1. The van der Waals surface area contributed by atoms with Crippen molar-refractivity contribution in [2.24, 2.45) is 0 Å². The van der Waals surface area contributed by atoms with E-state index in [1.54, 1.807) is 42.5 Å². The predicted molar refractivity (Wildman–Crippen MR) is 138 cm³/mol. The molecule has 9 heteroatoms. The summed E-state index contributed by atoms with van der Waals surface area (Å²) < 4.78 is 11.4. The molecule has 0 unspecified atom stereocenters. The number of ether oxygens (including phenoxy) is 2. The van der Waals surface area contributed by atoms with E-state index in [1.807, 2.05) is 13.1 Å². The molecular formula is C29H34N2O7. The first-order valence-electron chi connectivity index (χ1n) is 12.9. The Hall–Kier alpha value is -3.40. The highest BCUT2D eigenvalue weighted by atomic mass is 16.5. The normalized spacial score (nSPS) is 27.7. The number of phenolic OH excluding ortho intramolecular Hbond substituents is 1. The zero-order chi connectivity index (χ0) is 27.2. The molecule has 202 valence electrons. The molecule has 5 atom stereocenters. The maximum absolute atomic E-state index is 13.0. The number of aromatic hydroxyl groups is 1. The second-order valence-corrected chi connectivity index (χ2v) is 10.6. The Morgan fingerprint density at radius 3 is 2.63 bits per heavy atom. The van der Waals surface area contributed by atoms with Crippen LogP contribution in [0.3, 0.4) is 0 Å². The first kappa shape index (κ1) is 26.2. The third-order valence-electron chi connectivity index (χ3n) is 8.55. The van der Waals surface area contributed by atoms with Gasteiger partial charge in [0.15, 0.2) is 17.6 Å². The summed E-state index contributed by atoms with van der Waals surface area (Å²) in [6, 6.07) is 10.8. The monoisotopic (exact) mass is 522 g/mol. The number of amides is 1. The van der Waals surface area contributed by atoms with Crippen LogP contribution in [0, 0.1) is 0 Å². The fourth-order valence-electron chi connectivity index (χ4n) is 6.54. The number of piperidine rings is 1. The van der Waals surface area contributed by atoms with Crippen LogP contribution in [0.4, 0.5) is 0 Å². The van der Waals surface area contributed by atoms with E-state index in [0.29, 0.717) is 29.9 Å². The number of aliphatic hydroxyl groups is 2. The zero-order valence-corrected chi connectivity index (χ0v) is 21.8. The number of nitrogens with zero attached hydrogens (tertiary/aromatic N) is 1. The topological polar surface area (TPSA) is 129 Å². The molecule has 2 aliphatic carbocycles. The lowest BCUT2D eigenvalue weighted by Gasteiger charge is -2.62. The molecule has 3 aliphatic rings. The maximum Gasteiger partial charge on any atom is 0.333 e. The molecule has 1 amide bonds. The van der Waals surface area contributed by atoms with Gasteiger partial charge < -0.3 is 35.0 Å². The van der Waals surface area contributed by atoms with Crippen LogP contribution in [-0.4, -0.2) is 70.5 Å². The van der Waals surface area contributed by atoms with Crippen molar-refractivity contribution < 1.29 is 34.4 Å². The van der Waals surface area contributed by atoms with Crippen LogP contribution < -0.4 is 10.1 Å². The van der Waals surface area contributed by atoms with E-state index >= 15 is 0 Å². The van der Waals surface area contributed by atoms with E-state index in [9.17, 15) is 24.9 Å². The van der Waals surface area contributed by atoms with Crippen LogP contribution in [-0.2, 0) is 26.2 Å². The minimum atomic E-state index is -1.41. The van der Waals surface area contributed by atoms with E-state index in [0.717, 1.165) is 17.7 Å². The summed E-state index contributed by atoms with van der Waals surface area (Å²) in [6.45, 7) is 2.22. The average molecular weight is 523 g/mol. The van der Waals surface area contributed by atoms with Gasteiger partial charge in [-0.25, -0.2) is 4.79 Å². The second-order valence-electron chi connectivity index (χ2n) is 10.6. The van der Waals surface area contributed by atoms with Crippen molar-refractivity contribution in [1.29, 1.82) is 0 Å². The third-order valence-corrected chi connectivity index (χ3v) is 8.55. The summed E-state index contributed by atoms with van der Waals surface area (Å²) in [4.78, 5) is 27.7. The molecule has 2 aromatic rings. The smallest absolute Gasteiger partial charge is 0.333 e. The number of likely N-dealkylation sites (tertiary alicyclic amines) is 1. The SMILES string of the molecule is COc1c(O)ccc2c1[C@]13CCN(C)[C@H](C2)[C@]1(O)CC=C(OC(=O)[C@H](C)NC(=O)[C@@H](O)c1ccccc1)C3. The molecule has 0 spiro atoms. The van der Waals surface area contributed by atoms with Crippen molar-refractivity contribution in [3.8, 4) is 11.5 Å². The Bertz CT molecular complexity index is 1280. The van der Waals surface area contributed by atoms with E-state index in [2.05, 4.69) is 10.2 Å². The molecule has 1 heterocycles. The molecule has 0 radical (unpaired) electrons. The number of aliphatic hydroxyl groups excluding tert-OH is 1. The van der Waals surface area contributed by atoms with E-state index in [1.165, 1.54) is 14.0 Å². The van der Waals surface area contributed by atoms with Gasteiger partial charge in [-0.2, -0.15) is 0 Å². The highest BCUT2D eigenvalue weighted by Crippen LogP contribution is 2.60. The van der Waals surface area contributed by atoms with Gasteiger partial charge in [-0.15, -0.1) is 0 Å². The fourth-order valence-corrected chi connectivity index (χ4v) is 6.54. The number of hydrogen-bond donors (Lipinski definition) is 4. The largest absolute Gasteiger partial charge is 0.504 e. The van der Waals surface area contributed by atoms with Crippen LogP contribution in [0.15, 0.2) is 54.3 Å². The number of phenols is 1. The first-order valence-corrected chi connectivity index (χ1v) is 12.9. The van der Waals surface area contributed by atoms with Crippen LogP contribution in [0.25, 0.3) is 0 Å². The second kappa shape index (κ2) is 9.72. The van der Waals surface area contributed by atoms with Crippen molar-refractivity contribution >= 4 is 11.9 Å². The number of nitrogens with one attached hydrogen (secondary N) is 1. The number of fused-ring (bicyclic) bond motifs is 1. The lowest BCUT2D eigenvalue weighted by molar-refractivity contribution is -0.156. The van der Waals surface area contributed by atoms with Crippen LogP contribution >= 0.6 is 0 Å². The highest BCUT2D eigenvalue weighted by Gasteiger charge is 2.64. The summed E-state index contributed by atoms with van der Waals surface area (Å²) in [5, 5.41) is 35.7. The Kier molecular flexibility index (Phi) is 6.71. The summed E-state index contributed by atoms with van der Waals surface area (Å²) in [5.74, 6) is -0.638. The van der Waals surface area contributed by atoms with Gasteiger partial charge in [-0.1, -0.05) is 36.4 Å². The Labute approximate surface area is 221 Å². The number of benzene rings is 2. The molecule has 9 nitrogen and oxygen atoms in total. The first-order chi connectivity index (χ1) is 18.1. The van der Waals surface area contributed by atoms with Gasteiger partial charge in [0, 0.05) is 29.9 Å². The number of carbonyl (C=O) groups is 2. The van der Waals surface area contributed by atoms with Gasteiger partial charge in [0.1, 0.15) is 11.8 Å².